The van der Waals surface area contributed by atoms with Gasteiger partial charge in [0.25, 0.3) is 11.8 Å². The predicted octanol–water partition coefficient (Wildman–Crippen LogP) is 1.54. The summed E-state index contributed by atoms with van der Waals surface area (Å²) in [6.45, 7) is 0. The van der Waals surface area contributed by atoms with Gasteiger partial charge < -0.3 is 15.2 Å². The molecule has 0 unspecified atom stereocenters. The van der Waals surface area contributed by atoms with Gasteiger partial charge in [0.1, 0.15) is 6.17 Å². The summed E-state index contributed by atoms with van der Waals surface area (Å²) >= 11 is 0. The molecule has 3 aromatic rings. The molecule has 7 heteroatoms. The van der Waals surface area contributed by atoms with Gasteiger partial charge in [0.15, 0.2) is 11.8 Å². The minimum absolute atomic E-state index is 0.0324. The number of carbonyl (C=O) groups excluding carboxylic acids is 2. The number of para-hydroxylation sites is 2. The number of H-pyrrole nitrogens is 1. The van der Waals surface area contributed by atoms with Gasteiger partial charge in [-0.2, -0.15) is 0 Å². The number of likely N-dealkylation sites (N-methyl/N-ethyl adjacent to an activating group) is 1. The third-order valence-corrected chi connectivity index (χ3v) is 7.35. The van der Waals surface area contributed by atoms with E-state index in [1.165, 1.54) is 0 Å². The van der Waals surface area contributed by atoms with Crippen LogP contribution in [0.1, 0.15) is 17.5 Å². The van der Waals surface area contributed by atoms with Crippen LogP contribution in [0.15, 0.2) is 54.7 Å². The molecule has 29 heavy (non-hydrogen) atoms. The second-order valence-corrected chi connectivity index (χ2v) is 8.52. The maximum Gasteiger partial charge on any atom is 0.265 e. The first-order chi connectivity index (χ1) is 14.1. The highest BCUT2D eigenvalue weighted by molar-refractivity contribution is 6.05. The number of nitrogens with zero attached hydrogens (tertiary/aromatic N) is 2. The lowest BCUT2D eigenvalue weighted by Gasteiger charge is -2.36. The fraction of sp³-hybridized carbons (Fsp3) is 0.273. The topological polar surface area (TPSA) is 80.5 Å². The van der Waals surface area contributed by atoms with Crippen LogP contribution >= 0.6 is 0 Å². The normalized spacial score (nSPS) is 34.0. The third kappa shape index (κ3) is 1.48. The van der Waals surface area contributed by atoms with Crippen LogP contribution in [0.3, 0.4) is 0 Å². The Bertz CT molecular complexity index is 1250. The van der Waals surface area contributed by atoms with Gasteiger partial charge in [0, 0.05) is 36.3 Å². The number of nitrogens with one attached hydrogen (secondary N) is 3. The number of aromatic nitrogens is 1. The number of hydrogen-bond donors (Lipinski definition) is 3. The average molecular weight is 385 g/mol. The van der Waals surface area contributed by atoms with Gasteiger partial charge in [0.2, 0.25) is 0 Å². The number of hydrogen-bond acceptors (Lipinski definition) is 4. The Morgan fingerprint density at radius 2 is 1.83 bits per heavy atom. The molecule has 2 aromatic carbocycles. The smallest absolute Gasteiger partial charge is 0.265 e. The first kappa shape index (κ1) is 15.6. The monoisotopic (exact) mass is 385 g/mol. The lowest BCUT2D eigenvalue weighted by molar-refractivity contribution is -0.154. The molecule has 0 aliphatic carbocycles. The summed E-state index contributed by atoms with van der Waals surface area (Å²) in [5, 5.41) is 8.06. The quantitative estimate of drug-likeness (QED) is 0.594. The molecule has 4 aliphatic rings. The van der Waals surface area contributed by atoms with Gasteiger partial charge in [-0.1, -0.05) is 36.4 Å². The molecule has 1 aromatic heterocycles. The van der Waals surface area contributed by atoms with E-state index in [0.717, 1.165) is 27.7 Å². The van der Waals surface area contributed by atoms with E-state index in [-0.39, 0.29) is 18.0 Å². The molecule has 4 atom stereocenters. The molecule has 5 heterocycles. The Labute approximate surface area is 166 Å². The molecule has 3 saturated heterocycles. The molecule has 4 aliphatic heterocycles. The summed E-state index contributed by atoms with van der Waals surface area (Å²) in [6.07, 6.45) is 1.66. The zero-order valence-electron chi connectivity index (χ0n) is 15.8. The molecule has 7 rings (SSSR count). The van der Waals surface area contributed by atoms with Gasteiger partial charge in [-0.3, -0.25) is 19.8 Å². The van der Waals surface area contributed by atoms with Crippen molar-refractivity contribution in [3.8, 4) is 0 Å². The zero-order chi connectivity index (χ0) is 19.5. The van der Waals surface area contributed by atoms with E-state index in [2.05, 4.69) is 39.9 Å². The zero-order valence-corrected chi connectivity index (χ0v) is 15.8. The first-order valence-corrected chi connectivity index (χ1v) is 9.89. The SMILES string of the molecule is CN1C(=O)[C@@]23C[C@]4(c5c[nH]c6ccccc56)c5ccccc5N[C@@H]4N2C(=O)[C@@H]1N3. The molecule has 1 spiro atoms. The number of benzene rings is 2. The van der Waals surface area contributed by atoms with Gasteiger partial charge >= 0.3 is 0 Å². The van der Waals surface area contributed by atoms with Crippen molar-refractivity contribution in [2.24, 2.45) is 0 Å². The van der Waals surface area contributed by atoms with Gasteiger partial charge in [-0.15, -0.1) is 0 Å². The molecular weight excluding hydrogens is 366 g/mol. The largest absolute Gasteiger partial charge is 0.364 e. The van der Waals surface area contributed by atoms with E-state index in [1.54, 1.807) is 16.8 Å². The van der Waals surface area contributed by atoms with E-state index in [1.807, 2.05) is 30.5 Å². The summed E-state index contributed by atoms with van der Waals surface area (Å²) in [5.74, 6) is -0.0749. The van der Waals surface area contributed by atoms with Crippen LogP contribution in [0.25, 0.3) is 10.9 Å². The molecule has 7 nitrogen and oxygen atoms in total. The molecule has 0 saturated carbocycles. The highest BCUT2D eigenvalue weighted by atomic mass is 16.2. The summed E-state index contributed by atoms with van der Waals surface area (Å²) in [7, 11) is 1.71. The van der Waals surface area contributed by atoms with Crippen LogP contribution in [0, 0.1) is 0 Å². The molecule has 2 bridgehead atoms. The van der Waals surface area contributed by atoms with Crippen LogP contribution in [-0.4, -0.2) is 51.6 Å². The second-order valence-electron chi connectivity index (χ2n) is 8.52. The number of aromatic amines is 1. The Balaban J connectivity index is 1.55. The average Bonchev–Trinajstić information content (AvgIpc) is 3.47. The molecule has 0 radical (unpaired) electrons. The van der Waals surface area contributed by atoms with Crippen molar-refractivity contribution in [1.82, 2.24) is 20.1 Å². The lowest BCUT2D eigenvalue weighted by Crippen LogP contribution is -2.60. The van der Waals surface area contributed by atoms with Crippen molar-refractivity contribution >= 4 is 28.4 Å². The molecular formula is C22H19N5O2. The van der Waals surface area contributed by atoms with Crippen LogP contribution < -0.4 is 10.6 Å². The standard InChI is InChI=1S/C22H19N5O2/c1-26-17-18(28)27-19-21(11-22(27,25-17)20(26)29,13-7-3-5-9-16(13)24-19)14-10-23-15-8-4-2-6-12(14)15/h2-10,17,19,23-25H,11H2,1H3/t17-,19-,21-,22-/m1/s1. The number of anilines is 1. The van der Waals surface area contributed by atoms with Crippen molar-refractivity contribution in [2.45, 2.75) is 29.8 Å². The number of piperazine rings is 1. The van der Waals surface area contributed by atoms with Gasteiger partial charge in [-0.05, 0) is 23.3 Å². The third-order valence-electron chi connectivity index (χ3n) is 7.35. The van der Waals surface area contributed by atoms with Gasteiger partial charge in [0.05, 0.1) is 5.41 Å². The van der Waals surface area contributed by atoms with Crippen LogP contribution in [0.2, 0.25) is 0 Å². The maximum absolute atomic E-state index is 13.3. The number of fused-ring (bicyclic) bond motifs is 6. The maximum atomic E-state index is 13.3. The van der Waals surface area contributed by atoms with E-state index >= 15 is 0 Å². The summed E-state index contributed by atoms with van der Waals surface area (Å²) in [4.78, 5) is 33.3. The highest BCUT2D eigenvalue weighted by Gasteiger charge is 2.76. The Morgan fingerprint density at radius 1 is 1.03 bits per heavy atom. The van der Waals surface area contributed by atoms with Crippen molar-refractivity contribution in [3.05, 3.63) is 65.9 Å². The summed E-state index contributed by atoms with van der Waals surface area (Å²) in [5.41, 5.74) is 2.80. The van der Waals surface area contributed by atoms with E-state index in [0.29, 0.717) is 6.42 Å². The van der Waals surface area contributed by atoms with Crippen LogP contribution in [-0.2, 0) is 15.0 Å². The molecule has 3 fully saturated rings. The fourth-order valence-corrected chi connectivity index (χ4v) is 6.20. The van der Waals surface area contributed by atoms with Crippen molar-refractivity contribution in [1.29, 1.82) is 0 Å². The van der Waals surface area contributed by atoms with Gasteiger partial charge in [-0.25, -0.2) is 0 Å². The molecule has 3 N–H and O–H groups in total. The summed E-state index contributed by atoms with van der Waals surface area (Å²) in [6, 6.07) is 16.4. The predicted molar refractivity (Wildman–Crippen MR) is 107 cm³/mol. The van der Waals surface area contributed by atoms with Crippen LogP contribution in [0.4, 0.5) is 5.69 Å². The fourth-order valence-electron chi connectivity index (χ4n) is 6.20. The second kappa shape index (κ2) is 4.63. The number of carbonyl (C=O) groups is 2. The minimum Gasteiger partial charge on any atom is -0.364 e. The van der Waals surface area contributed by atoms with E-state index in [9.17, 15) is 9.59 Å². The number of amides is 2. The number of rotatable bonds is 1. The van der Waals surface area contributed by atoms with Crippen LogP contribution in [0.5, 0.6) is 0 Å². The lowest BCUT2D eigenvalue weighted by atomic mass is 9.71. The molecule has 2 amide bonds. The minimum atomic E-state index is -1.000. The Kier molecular flexibility index (Phi) is 2.49. The Hall–Kier alpha value is -3.32. The van der Waals surface area contributed by atoms with E-state index in [4.69, 9.17) is 0 Å². The van der Waals surface area contributed by atoms with Crippen molar-refractivity contribution in [2.75, 3.05) is 12.4 Å². The van der Waals surface area contributed by atoms with Crippen molar-refractivity contribution in [3.63, 3.8) is 0 Å². The van der Waals surface area contributed by atoms with E-state index < -0.39 is 17.2 Å². The Morgan fingerprint density at radius 3 is 2.72 bits per heavy atom. The summed E-state index contributed by atoms with van der Waals surface area (Å²) < 4.78 is 0. The highest BCUT2D eigenvalue weighted by Crippen LogP contribution is 2.61. The van der Waals surface area contributed by atoms with Crippen molar-refractivity contribution < 1.29 is 9.59 Å². The molecule has 144 valence electrons. The first-order valence-electron chi connectivity index (χ1n) is 9.89.